The Hall–Kier alpha value is -2.67. The SMILES string of the molecule is O=c1cc(N2CCOCC2)nc(N2C[C@@H]3C=C[C@@H]3[C@@H]2Cc2ccc(F)cc2)[nH]1. The number of aromatic nitrogens is 2. The van der Waals surface area contributed by atoms with E-state index in [0.29, 0.717) is 36.8 Å². The highest BCUT2D eigenvalue weighted by atomic mass is 19.1. The number of aromatic amines is 1. The van der Waals surface area contributed by atoms with Crippen molar-refractivity contribution in [1.29, 1.82) is 0 Å². The third-order valence-corrected chi connectivity index (χ3v) is 6.01. The first-order valence-electron chi connectivity index (χ1n) is 9.81. The van der Waals surface area contributed by atoms with E-state index >= 15 is 0 Å². The van der Waals surface area contributed by atoms with Gasteiger partial charge in [-0.1, -0.05) is 24.3 Å². The lowest BCUT2D eigenvalue weighted by atomic mass is 9.79. The Kier molecular flexibility index (Phi) is 4.39. The number of hydrogen-bond acceptors (Lipinski definition) is 5. The van der Waals surface area contributed by atoms with E-state index in [-0.39, 0.29) is 17.4 Å². The molecule has 6 nitrogen and oxygen atoms in total. The molecule has 5 rings (SSSR count). The highest BCUT2D eigenvalue weighted by Gasteiger charge is 2.44. The van der Waals surface area contributed by atoms with Gasteiger partial charge in [-0.05, 0) is 24.1 Å². The minimum atomic E-state index is -0.224. The molecule has 1 aliphatic carbocycles. The van der Waals surface area contributed by atoms with Crippen LogP contribution in [0.15, 0.2) is 47.3 Å². The number of H-pyrrole nitrogens is 1. The lowest BCUT2D eigenvalue weighted by molar-refractivity contribution is 0.122. The van der Waals surface area contributed by atoms with E-state index in [1.165, 1.54) is 12.1 Å². The molecule has 0 bridgehead atoms. The van der Waals surface area contributed by atoms with Crippen LogP contribution in [0.1, 0.15) is 5.56 Å². The molecule has 3 atom stereocenters. The number of nitrogens with zero attached hydrogens (tertiary/aromatic N) is 3. The first-order chi connectivity index (χ1) is 13.7. The molecule has 0 radical (unpaired) electrons. The monoisotopic (exact) mass is 382 g/mol. The van der Waals surface area contributed by atoms with Gasteiger partial charge in [0.1, 0.15) is 11.6 Å². The fourth-order valence-corrected chi connectivity index (χ4v) is 4.44. The average molecular weight is 382 g/mol. The molecular formula is C21H23FN4O2. The largest absolute Gasteiger partial charge is 0.378 e. The molecule has 3 aliphatic rings. The van der Waals surface area contributed by atoms with Crippen molar-refractivity contribution in [3.63, 3.8) is 0 Å². The summed E-state index contributed by atoms with van der Waals surface area (Å²) in [6, 6.07) is 8.44. The lowest BCUT2D eigenvalue weighted by Gasteiger charge is -2.31. The summed E-state index contributed by atoms with van der Waals surface area (Å²) in [6.07, 6.45) is 5.26. The van der Waals surface area contributed by atoms with Crippen LogP contribution in [0, 0.1) is 17.7 Å². The quantitative estimate of drug-likeness (QED) is 0.820. The highest BCUT2D eigenvalue weighted by molar-refractivity contribution is 5.47. The first kappa shape index (κ1) is 17.4. The van der Waals surface area contributed by atoms with Gasteiger partial charge in [0.15, 0.2) is 0 Å². The summed E-state index contributed by atoms with van der Waals surface area (Å²) in [5.41, 5.74) is 0.947. The predicted molar refractivity (Wildman–Crippen MR) is 105 cm³/mol. The third kappa shape index (κ3) is 3.20. The molecule has 3 heterocycles. The second-order valence-corrected chi connectivity index (χ2v) is 7.70. The van der Waals surface area contributed by atoms with Crippen LogP contribution in [0.3, 0.4) is 0 Å². The average Bonchev–Trinajstić information content (AvgIpc) is 2.93. The van der Waals surface area contributed by atoms with Gasteiger partial charge in [-0.3, -0.25) is 9.78 Å². The Morgan fingerprint density at radius 2 is 1.96 bits per heavy atom. The van der Waals surface area contributed by atoms with Crippen molar-refractivity contribution in [3.8, 4) is 0 Å². The molecule has 2 aliphatic heterocycles. The minimum absolute atomic E-state index is 0.140. The number of fused-ring (bicyclic) bond motifs is 1. The number of benzene rings is 1. The van der Waals surface area contributed by atoms with E-state index in [9.17, 15) is 9.18 Å². The molecule has 2 fully saturated rings. The standard InChI is InChI=1S/C21H23FN4O2/c22-16-4-1-14(2-5-16)11-18-17-6-3-15(17)13-26(18)21-23-19(12-20(27)24-21)25-7-9-28-10-8-25/h1-6,12,15,17-18H,7-11,13H2,(H,23,24,27)/t15-,17-,18-/m0/s1. The molecule has 28 heavy (non-hydrogen) atoms. The molecule has 0 amide bonds. The van der Waals surface area contributed by atoms with Crippen molar-refractivity contribution in [2.24, 2.45) is 11.8 Å². The number of ether oxygens (including phenoxy) is 1. The van der Waals surface area contributed by atoms with Gasteiger partial charge in [0, 0.05) is 43.6 Å². The second-order valence-electron chi connectivity index (χ2n) is 7.70. The number of morpholine rings is 1. The number of halogens is 1. The maximum atomic E-state index is 13.3. The van der Waals surface area contributed by atoms with Crippen LogP contribution in [0.25, 0.3) is 0 Å². The van der Waals surface area contributed by atoms with Crippen molar-refractivity contribution in [2.45, 2.75) is 12.5 Å². The van der Waals surface area contributed by atoms with E-state index in [4.69, 9.17) is 9.72 Å². The van der Waals surface area contributed by atoms with Crippen molar-refractivity contribution in [2.75, 3.05) is 42.6 Å². The summed E-state index contributed by atoms with van der Waals surface area (Å²) < 4.78 is 18.7. The van der Waals surface area contributed by atoms with Gasteiger partial charge in [0.25, 0.3) is 5.56 Å². The van der Waals surface area contributed by atoms with Crippen LogP contribution < -0.4 is 15.4 Å². The number of hydrogen-bond donors (Lipinski definition) is 1. The van der Waals surface area contributed by atoms with E-state index in [2.05, 4.69) is 26.9 Å². The molecule has 1 aromatic heterocycles. The van der Waals surface area contributed by atoms with Crippen LogP contribution in [0.4, 0.5) is 16.2 Å². The van der Waals surface area contributed by atoms with Crippen molar-refractivity contribution >= 4 is 11.8 Å². The maximum absolute atomic E-state index is 13.3. The highest BCUT2D eigenvalue weighted by Crippen LogP contribution is 2.41. The first-order valence-corrected chi connectivity index (χ1v) is 9.81. The van der Waals surface area contributed by atoms with Gasteiger partial charge < -0.3 is 14.5 Å². The Morgan fingerprint density at radius 3 is 2.68 bits per heavy atom. The topological polar surface area (TPSA) is 61.5 Å². The number of rotatable bonds is 4. The molecule has 2 aromatic rings. The maximum Gasteiger partial charge on any atom is 0.254 e. The number of anilines is 2. The zero-order valence-electron chi connectivity index (χ0n) is 15.6. The summed E-state index contributed by atoms with van der Waals surface area (Å²) in [5, 5.41) is 0. The minimum Gasteiger partial charge on any atom is -0.378 e. The van der Waals surface area contributed by atoms with Crippen LogP contribution in [0.5, 0.6) is 0 Å². The Balaban J connectivity index is 1.44. The predicted octanol–water partition coefficient (Wildman–Crippen LogP) is 1.98. The summed E-state index contributed by atoms with van der Waals surface area (Å²) in [4.78, 5) is 24.4. The van der Waals surface area contributed by atoms with Crippen LogP contribution in [-0.4, -0.2) is 48.9 Å². The summed E-state index contributed by atoms with van der Waals surface area (Å²) in [5.74, 6) is 2.01. The fraction of sp³-hybridized carbons (Fsp3) is 0.429. The zero-order valence-corrected chi connectivity index (χ0v) is 15.6. The smallest absolute Gasteiger partial charge is 0.254 e. The molecule has 2 saturated heterocycles. The molecule has 146 valence electrons. The molecular weight excluding hydrogens is 359 g/mol. The molecule has 7 heteroatoms. The fourth-order valence-electron chi connectivity index (χ4n) is 4.44. The van der Waals surface area contributed by atoms with E-state index in [0.717, 1.165) is 31.6 Å². The van der Waals surface area contributed by atoms with Gasteiger partial charge >= 0.3 is 0 Å². The van der Waals surface area contributed by atoms with Gasteiger partial charge in [-0.25, -0.2) is 4.39 Å². The van der Waals surface area contributed by atoms with Gasteiger partial charge in [-0.15, -0.1) is 0 Å². The van der Waals surface area contributed by atoms with Gasteiger partial charge in [-0.2, -0.15) is 4.98 Å². The summed E-state index contributed by atoms with van der Waals surface area (Å²) >= 11 is 0. The van der Waals surface area contributed by atoms with Gasteiger partial charge in [0.05, 0.1) is 13.2 Å². The molecule has 1 aromatic carbocycles. The van der Waals surface area contributed by atoms with Gasteiger partial charge in [0.2, 0.25) is 5.95 Å². The van der Waals surface area contributed by atoms with E-state index in [1.807, 2.05) is 12.1 Å². The molecule has 0 saturated carbocycles. The van der Waals surface area contributed by atoms with Crippen LogP contribution in [-0.2, 0) is 11.2 Å². The van der Waals surface area contributed by atoms with E-state index in [1.54, 1.807) is 6.07 Å². The lowest BCUT2D eigenvalue weighted by Crippen LogP contribution is -2.39. The Labute approximate surface area is 162 Å². The van der Waals surface area contributed by atoms with E-state index < -0.39 is 0 Å². The molecule has 1 N–H and O–H groups in total. The van der Waals surface area contributed by atoms with Crippen LogP contribution in [0.2, 0.25) is 0 Å². The van der Waals surface area contributed by atoms with Crippen LogP contribution >= 0.6 is 0 Å². The second kappa shape index (κ2) is 7.05. The summed E-state index contributed by atoms with van der Waals surface area (Å²) in [7, 11) is 0. The van der Waals surface area contributed by atoms with Crippen molar-refractivity contribution in [1.82, 2.24) is 9.97 Å². The molecule has 0 spiro atoms. The summed E-state index contributed by atoms with van der Waals surface area (Å²) in [6.45, 7) is 3.61. The number of nitrogens with one attached hydrogen (secondary N) is 1. The normalized spacial score (nSPS) is 26.2. The van der Waals surface area contributed by atoms with Crippen molar-refractivity contribution < 1.29 is 9.13 Å². The Bertz CT molecular complexity index is 936. The van der Waals surface area contributed by atoms with Crippen molar-refractivity contribution in [3.05, 3.63) is 64.2 Å². The Morgan fingerprint density at radius 1 is 1.18 bits per heavy atom. The molecule has 0 unspecified atom stereocenters. The third-order valence-electron chi connectivity index (χ3n) is 6.01. The zero-order chi connectivity index (χ0) is 19.1.